The molecule has 27 heavy (non-hydrogen) atoms. The fourth-order valence-electron chi connectivity index (χ4n) is 3.23. The second kappa shape index (κ2) is 6.88. The number of nitrogen functional groups attached to an aromatic ring is 1. The first kappa shape index (κ1) is 17.3. The molecule has 0 atom stereocenters. The normalized spacial score (nSPS) is 13.3. The van der Waals surface area contributed by atoms with E-state index in [9.17, 15) is 0 Å². The number of methoxy groups -OCH3 is 1. The predicted octanol–water partition coefficient (Wildman–Crippen LogP) is 2.26. The summed E-state index contributed by atoms with van der Waals surface area (Å²) in [6.45, 7) is 5.61. The molecule has 1 aliphatic heterocycles. The van der Waals surface area contributed by atoms with Crippen molar-refractivity contribution in [2.75, 3.05) is 24.7 Å². The molecule has 0 bridgehead atoms. The van der Waals surface area contributed by atoms with Crippen LogP contribution in [0.2, 0.25) is 0 Å². The highest BCUT2D eigenvalue weighted by atomic mass is 16.5. The Morgan fingerprint density at radius 3 is 2.89 bits per heavy atom. The lowest BCUT2D eigenvalue weighted by molar-refractivity contribution is 0.411. The van der Waals surface area contributed by atoms with Crippen LogP contribution in [0.15, 0.2) is 24.4 Å². The van der Waals surface area contributed by atoms with Crippen LogP contribution in [0.1, 0.15) is 22.5 Å². The van der Waals surface area contributed by atoms with Crippen LogP contribution >= 0.6 is 0 Å². The molecular formula is C19H23N7O. The first-order valence-electron chi connectivity index (χ1n) is 8.89. The first-order chi connectivity index (χ1) is 13.1. The molecule has 1 aliphatic rings. The Kier molecular flexibility index (Phi) is 4.41. The molecule has 3 aromatic rings. The van der Waals surface area contributed by atoms with Crippen LogP contribution in [0.3, 0.4) is 0 Å². The molecule has 0 saturated carbocycles. The van der Waals surface area contributed by atoms with Gasteiger partial charge in [0, 0.05) is 42.0 Å². The highest BCUT2D eigenvalue weighted by molar-refractivity contribution is 5.63. The number of fused-ring (bicyclic) bond motifs is 1. The minimum absolute atomic E-state index is 0.471. The van der Waals surface area contributed by atoms with E-state index in [-0.39, 0.29) is 0 Å². The van der Waals surface area contributed by atoms with Gasteiger partial charge in [-0.15, -0.1) is 0 Å². The molecule has 2 aromatic heterocycles. The third-order valence-corrected chi connectivity index (χ3v) is 4.90. The minimum Gasteiger partial charge on any atom is -0.494 e. The predicted molar refractivity (Wildman–Crippen MR) is 105 cm³/mol. The van der Waals surface area contributed by atoms with Crippen LogP contribution < -0.4 is 21.1 Å². The standard InChI is InChI=1S/C19H23N7O/c1-11-12(2)23-19(25-18(11)20)24-14-4-5-17(27-3)16(8-14)26-15-6-7-21-9-13(15)10-22-26/h4-5,8,10,21H,6-7,9H2,1-3H3,(H3,20,23,24,25). The van der Waals surface area contributed by atoms with Gasteiger partial charge < -0.3 is 21.1 Å². The molecule has 4 N–H and O–H groups in total. The highest BCUT2D eigenvalue weighted by Gasteiger charge is 2.18. The van der Waals surface area contributed by atoms with Gasteiger partial charge in [0.1, 0.15) is 17.3 Å². The lowest BCUT2D eigenvalue weighted by atomic mass is 10.1. The molecule has 8 nitrogen and oxygen atoms in total. The Hall–Kier alpha value is -3.13. The molecule has 1 aromatic carbocycles. The van der Waals surface area contributed by atoms with E-state index < -0.39 is 0 Å². The summed E-state index contributed by atoms with van der Waals surface area (Å²) in [7, 11) is 1.66. The molecule has 0 spiro atoms. The summed E-state index contributed by atoms with van der Waals surface area (Å²) in [4.78, 5) is 8.80. The van der Waals surface area contributed by atoms with Gasteiger partial charge in [-0.25, -0.2) is 9.67 Å². The second-order valence-electron chi connectivity index (χ2n) is 6.61. The van der Waals surface area contributed by atoms with E-state index >= 15 is 0 Å². The summed E-state index contributed by atoms with van der Waals surface area (Å²) in [6, 6.07) is 5.83. The van der Waals surface area contributed by atoms with Crippen LogP contribution in [-0.2, 0) is 13.0 Å². The number of nitrogens with zero attached hydrogens (tertiary/aromatic N) is 4. The van der Waals surface area contributed by atoms with Gasteiger partial charge in [-0.05, 0) is 32.0 Å². The monoisotopic (exact) mass is 365 g/mol. The first-order valence-corrected chi connectivity index (χ1v) is 8.89. The van der Waals surface area contributed by atoms with E-state index in [2.05, 4.69) is 25.7 Å². The van der Waals surface area contributed by atoms with E-state index in [1.165, 1.54) is 11.3 Å². The van der Waals surface area contributed by atoms with Crippen LogP contribution in [0.5, 0.6) is 5.75 Å². The van der Waals surface area contributed by atoms with Gasteiger partial charge in [-0.2, -0.15) is 10.1 Å². The Balaban J connectivity index is 1.72. The maximum Gasteiger partial charge on any atom is 0.229 e. The maximum absolute atomic E-state index is 5.97. The van der Waals surface area contributed by atoms with Crippen molar-refractivity contribution < 1.29 is 4.74 Å². The summed E-state index contributed by atoms with van der Waals surface area (Å²) in [5, 5.41) is 11.2. The molecule has 0 amide bonds. The van der Waals surface area contributed by atoms with Crippen LogP contribution in [0.4, 0.5) is 17.5 Å². The van der Waals surface area contributed by atoms with Gasteiger partial charge in [0.2, 0.25) is 5.95 Å². The largest absolute Gasteiger partial charge is 0.494 e. The van der Waals surface area contributed by atoms with Gasteiger partial charge >= 0.3 is 0 Å². The summed E-state index contributed by atoms with van der Waals surface area (Å²) >= 11 is 0. The van der Waals surface area contributed by atoms with Crippen molar-refractivity contribution in [3.05, 3.63) is 46.9 Å². The van der Waals surface area contributed by atoms with Crippen molar-refractivity contribution in [1.82, 2.24) is 25.1 Å². The number of ether oxygens (including phenoxy) is 1. The lowest BCUT2D eigenvalue weighted by Gasteiger charge is -2.17. The second-order valence-corrected chi connectivity index (χ2v) is 6.61. The van der Waals surface area contributed by atoms with E-state index in [1.807, 2.05) is 42.9 Å². The average Bonchev–Trinajstić information content (AvgIpc) is 3.10. The summed E-state index contributed by atoms with van der Waals surface area (Å²) in [5.41, 5.74) is 11.9. The molecule has 0 saturated heterocycles. The quantitative estimate of drug-likeness (QED) is 0.651. The third-order valence-electron chi connectivity index (χ3n) is 4.90. The van der Waals surface area contributed by atoms with Crippen molar-refractivity contribution in [2.45, 2.75) is 26.8 Å². The summed E-state index contributed by atoms with van der Waals surface area (Å²) in [6.07, 6.45) is 2.83. The van der Waals surface area contributed by atoms with Gasteiger partial charge in [0.25, 0.3) is 0 Å². The number of nitrogens with two attached hydrogens (primary N) is 1. The van der Waals surface area contributed by atoms with Crippen molar-refractivity contribution in [2.24, 2.45) is 0 Å². The zero-order valence-electron chi connectivity index (χ0n) is 15.7. The number of benzene rings is 1. The van der Waals surface area contributed by atoms with Crippen molar-refractivity contribution in [3.8, 4) is 11.4 Å². The molecule has 0 radical (unpaired) electrons. The van der Waals surface area contributed by atoms with E-state index in [0.717, 1.165) is 47.9 Å². The van der Waals surface area contributed by atoms with Gasteiger partial charge in [0.05, 0.1) is 19.0 Å². The molecule has 0 unspecified atom stereocenters. The van der Waals surface area contributed by atoms with Crippen LogP contribution in [0.25, 0.3) is 5.69 Å². The van der Waals surface area contributed by atoms with E-state index in [4.69, 9.17) is 10.5 Å². The smallest absolute Gasteiger partial charge is 0.229 e. The molecule has 0 aliphatic carbocycles. The van der Waals surface area contributed by atoms with Crippen molar-refractivity contribution >= 4 is 17.5 Å². The highest BCUT2D eigenvalue weighted by Crippen LogP contribution is 2.30. The molecule has 8 heteroatoms. The van der Waals surface area contributed by atoms with Crippen molar-refractivity contribution in [3.63, 3.8) is 0 Å². The number of aryl methyl sites for hydroxylation is 1. The van der Waals surface area contributed by atoms with E-state index in [1.54, 1.807) is 7.11 Å². The third kappa shape index (κ3) is 3.19. The topological polar surface area (TPSA) is 103 Å². The average molecular weight is 365 g/mol. The maximum atomic E-state index is 5.97. The number of hydrogen-bond donors (Lipinski definition) is 3. The number of rotatable bonds is 4. The zero-order valence-corrected chi connectivity index (χ0v) is 15.7. The Morgan fingerprint density at radius 2 is 2.11 bits per heavy atom. The van der Waals surface area contributed by atoms with Crippen LogP contribution in [0, 0.1) is 13.8 Å². The molecule has 4 rings (SSSR count). The van der Waals surface area contributed by atoms with Gasteiger partial charge in [-0.1, -0.05) is 0 Å². The zero-order chi connectivity index (χ0) is 19.0. The number of hydrogen-bond acceptors (Lipinski definition) is 7. The van der Waals surface area contributed by atoms with Crippen molar-refractivity contribution in [1.29, 1.82) is 0 Å². The SMILES string of the molecule is COc1ccc(Nc2nc(C)c(C)c(N)n2)cc1-n1ncc2c1CCNC2. The molecule has 0 fully saturated rings. The fourth-order valence-corrected chi connectivity index (χ4v) is 3.23. The van der Waals surface area contributed by atoms with Gasteiger partial charge in [-0.3, -0.25) is 0 Å². The minimum atomic E-state index is 0.471. The molecular weight excluding hydrogens is 342 g/mol. The Labute approximate surface area is 157 Å². The number of nitrogens with one attached hydrogen (secondary N) is 2. The molecule has 140 valence electrons. The number of anilines is 3. The summed E-state index contributed by atoms with van der Waals surface area (Å²) in [5.74, 6) is 1.70. The van der Waals surface area contributed by atoms with Crippen LogP contribution in [-0.4, -0.2) is 33.4 Å². The molecule has 3 heterocycles. The Morgan fingerprint density at radius 1 is 1.26 bits per heavy atom. The lowest BCUT2D eigenvalue weighted by Crippen LogP contribution is -2.24. The summed E-state index contributed by atoms with van der Waals surface area (Å²) < 4.78 is 7.52. The Bertz CT molecular complexity index is 973. The number of aromatic nitrogens is 4. The van der Waals surface area contributed by atoms with Gasteiger partial charge in [0.15, 0.2) is 0 Å². The fraction of sp³-hybridized carbons (Fsp3) is 0.316. The van der Waals surface area contributed by atoms with E-state index in [0.29, 0.717) is 11.8 Å².